The largest absolute Gasteiger partial charge is 0.355 e. The normalized spacial score (nSPS) is 16.5. The molecule has 0 bridgehead atoms. The van der Waals surface area contributed by atoms with Crippen LogP contribution in [-0.4, -0.2) is 29.3 Å². The average molecular weight is 407 g/mol. The Morgan fingerprint density at radius 2 is 2.19 bits per heavy atom. The van der Waals surface area contributed by atoms with Gasteiger partial charge in [-0.2, -0.15) is 0 Å². The van der Waals surface area contributed by atoms with Crippen molar-refractivity contribution in [2.45, 2.75) is 26.2 Å². The third-order valence-corrected chi connectivity index (χ3v) is 5.39. The van der Waals surface area contributed by atoms with E-state index >= 15 is 0 Å². The second-order valence-electron chi connectivity index (χ2n) is 6.31. The Balaban J connectivity index is 1.55. The summed E-state index contributed by atoms with van der Waals surface area (Å²) in [7, 11) is 0. The van der Waals surface area contributed by atoms with E-state index in [4.69, 9.17) is 11.6 Å². The van der Waals surface area contributed by atoms with Gasteiger partial charge in [0, 0.05) is 22.6 Å². The first-order chi connectivity index (χ1) is 12.9. The van der Waals surface area contributed by atoms with Gasteiger partial charge in [0.2, 0.25) is 17.7 Å². The third kappa shape index (κ3) is 5.05. The number of hydrogen-bond donors (Lipinski definition) is 3. The molecule has 1 aromatic carbocycles. The highest BCUT2D eigenvalue weighted by molar-refractivity contribution is 7.14. The van der Waals surface area contributed by atoms with Gasteiger partial charge in [-0.15, -0.1) is 11.3 Å². The van der Waals surface area contributed by atoms with Crippen molar-refractivity contribution in [3.8, 4) is 0 Å². The summed E-state index contributed by atoms with van der Waals surface area (Å²) in [4.78, 5) is 40.4. The summed E-state index contributed by atoms with van der Waals surface area (Å²) in [6.45, 7) is 2.49. The van der Waals surface area contributed by atoms with E-state index in [2.05, 4.69) is 20.9 Å². The number of piperidine rings is 1. The van der Waals surface area contributed by atoms with Gasteiger partial charge in [-0.25, -0.2) is 4.98 Å². The van der Waals surface area contributed by atoms with Crippen molar-refractivity contribution in [3.05, 3.63) is 39.9 Å². The number of hydrogen-bond acceptors (Lipinski definition) is 5. The second kappa shape index (κ2) is 8.49. The zero-order valence-corrected chi connectivity index (χ0v) is 16.2. The molecule has 7 nitrogen and oxygen atoms in total. The number of halogens is 1. The molecule has 1 aromatic heterocycles. The van der Waals surface area contributed by atoms with Crippen molar-refractivity contribution >= 4 is 51.5 Å². The highest BCUT2D eigenvalue weighted by Gasteiger charge is 2.29. The smallest absolute Gasteiger partial charge is 0.238 e. The van der Waals surface area contributed by atoms with Crippen LogP contribution >= 0.6 is 22.9 Å². The number of rotatable bonds is 5. The Kier molecular flexibility index (Phi) is 6.08. The van der Waals surface area contributed by atoms with Crippen molar-refractivity contribution in [3.63, 3.8) is 0 Å². The van der Waals surface area contributed by atoms with Gasteiger partial charge in [0.25, 0.3) is 0 Å². The highest BCUT2D eigenvalue weighted by atomic mass is 35.5. The Bertz CT molecular complexity index is 883. The Hall–Kier alpha value is -2.45. The van der Waals surface area contributed by atoms with Crippen LogP contribution in [0, 0.1) is 12.8 Å². The fourth-order valence-corrected chi connectivity index (χ4v) is 3.59. The number of carbonyl (C=O) groups is 3. The van der Waals surface area contributed by atoms with E-state index in [-0.39, 0.29) is 24.1 Å². The molecule has 9 heteroatoms. The molecule has 142 valence electrons. The quantitative estimate of drug-likeness (QED) is 0.664. The Labute approximate surface area is 165 Å². The van der Waals surface area contributed by atoms with Crippen LogP contribution in [-0.2, 0) is 20.8 Å². The first-order valence-electron chi connectivity index (χ1n) is 8.51. The van der Waals surface area contributed by atoms with Crippen LogP contribution in [0.1, 0.15) is 24.1 Å². The van der Waals surface area contributed by atoms with E-state index in [0.717, 1.165) is 12.0 Å². The number of nitrogens with one attached hydrogen (secondary N) is 3. The summed E-state index contributed by atoms with van der Waals surface area (Å²) in [5.74, 6) is -1.55. The number of anilines is 2. The molecule has 27 heavy (non-hydrogen) atoms. The van der Waals surface area contributed by atoms with E-state index in [1.165, 1.54) is 11.3 Å². The lowest BCUT2D eigenvalue weighted by Gasteiger charge is -2.20. The molecule has 0 spiro atoms. The van der Waals surface area contributed by atoms with Crippen molar-refractivity contribution in [1.29, 1.82) is 0 Å². The summed E-state index contributed by atoms with van der Waals surface area (Å²) >= 11 is 7.27. The number of carbonyl (C=O) groups excluding carboxylic acids is 3. The number of thiazole rings is 1. The molecule has 3 rings (SSSR count). The molecule has 3 N–H and O–H groups in total. The number of nitrogens with zero attached hydrogens (tertiary/aromatic N) is 1. The molecule has 1 aliphatic rings. The maximum absolute atomic E-state index is 12.2. The molecule has 0 aliphatic carbocycles. The first-order valence-corrected chi connectivity index (χ1v) is 9.77. The van der Waals surface area contributed by atoms with Gasteiger partial charge in [0.15, 0.2) is 5.13 Å². The number of benzene rings is 1. The van der Waals surface area contributed by atoms with Gasteiger partial charge >= 0.3 is 0 Å². The maximum atomic E-state index is 12.2. The van der Waals surface area contributed by atoms with E-state index in [9.17, 15) is 14.4 Å². The van der Waals surface area contributed by atoms with E-state index < -0.39 is 5.92 Å². The fourth-order valence-electron chi connectivity index (χ4n) is 2.70. The molecule has 1 saturated heterocycles. The lowest BCUT2D eigenvalue weighted by Crippen LogP contribution is -2.42. The van der Waals surface area contributed by atoms with Crippen LogP contribution in [0.5, 0.6) is 0 Å². The molecule has 2 heterocycles. The topological polar surface area (TPSA) is 100 Å². The highest BCUT2D eigenvalue weighted by Crippen LogP contribution is 2.21. The monoisotopic (exact) mass is 406 g/mol. The predicted molar refractivity (Wildman–Crippen MR) is 105 cm³/mol. The van der Waals surface area contributed by atoms with Gasteiger partial charge in [0.1, 0.15) is 5.92 Å². The summed E-state index contributed by atoms with van der Waals surface area (Å²) in [5.41, 5.74) is 2.09. The Morgan fingerprint density at radius 1 is 1.37 bits per heavy atom. The average Bonchev–Trinajstić information content (AvgIpc) is 3.05. The van der Waals surface area contributed by atoms with Crippen molar-refractivity contribution in [1.82, 2.24) is 10.3 Å². The zero-order chi connectivity index (χ0) is 19.4. The summed E-state index contributed by atoms with van der Waals surface area (Å²) < 4.78 is 0. The molecule has 1 unspecified atom stereocenters. The van der Waals surface area contributed by atoms with Gasteiger partial charge in [0.05, 0.1) is 12.1 Å². The van der Waals surface area contributed by atoms with Gasteiger partial charge in [-0.05, 0) is 37.5 Å². The molecule has 3 amide bonds. The van der Waals surface area contributed by atoms with Crippen LogP contribution in [0.2, 0.25) is 5.02 Å². The SMILES string of the molecule is Cc1ccc(NC(=O)Cc2csc(NC(=O)C3CCCNC3=O)n2)cc1Cl. The lowest BCUT2D eigenvalue weighted by molar-refractivity contribution is -0.134. The zero-order valence-electron chi connectivity index (χ0n) is 14.7. The molecule has 0 radical (unpaired) electrons. The van der Waals surface area contributed by atoms with Gasteiger partial charge < -0.3 is 16.0 Å². The fraction of sp³-hybridized carbons (Fsp3) is 0.333. The second-order valence-corrected chi connectivity index (χ2v) is 7.57. The summed E-state index contributed by atoms with van der Waals surface area (Å²) in [6, 6.07) is 5.30. The third-order valence-electron chi connectivity index (χ3n) is 4.18. The minimum absolute atomic E-state index is 0.0712. The van der Waals surface area contributed by atoms with E-state index in [0.29, 0.717) is 34.5 Å². The van der Waals surface area contributed by atoms with E-state index in [1.807, 2.05) is 13.0 Å². The molecular formula is C18H19ClN4O3S. The maximum Gasteiger partial charge on any atom is 0.238 e. The van der Waals surface area contributed by atoms with Crippen molar-refractivity contribution in [2.75, 3.05) is 17.2 Å². The van der Waals surface area contributed by atoms with Crippen LogP contribution in [0.15, 0.2) is 23.6 Å². The van der Waals surface area contributed by atoms with Crippen LogP contribution in [0.4, 0.5) is 10.8 Å². The minimum atomic E-state index is -0.694. The lowest BCUT2D eigenvalue weighted by atomic mass is 9.98. The number of aromatic nitrogens is 1. The van der Waals surface area contributed by atoms with Crippen molar-refractivity contribution in [2.24, 2.45) is 5.92 Å². The first kappa shape index (κ1) is 19.3. The predicted octanol–water partition coefficient (Wildman–Crippen LogP) is 2.75. The standard InChI is InChI=1S/C18H19ClN4O3S/c1-10-4-5-11(7-14(10)19)21-15(24)8-12-9-27-18(22-12)23-17(26)13-3-2-6-20-16(13)25/h4-5,7,9,13H,2-3,6,8H2,1H3,(H,20,25)(H,21,24)(H,22,23,26). The molecule has 2 aromatic rings. The van der Waals surface area contributed by atoms with E-state index in [1.54, 1.807) is 17.5 Å². The molecule has 1 fully saturated rings. The molecule has 1 atom stereocenters. The minimum Gasteiger partial charge on any atom is -0.355 e. The van der Waals surface area contributed by atoms with Crippen molar-refractivity contribution < 1.29 is 14.4 Å². The van der Waals surface area contributed by atoms with Gasteiger partial charge in [-0.3, -0.25) is 14.4 Å². The number of aryl methyl sites for hydroxylation is 1. The number of amides is 3. The summed E-state index contributed by atoms with van der Waals surface area (Å²) in [6.07, 6.45) is 1.37. The molecule has 0 saturated carbocycles. The van der Waals surface area contributed by atoms with Crippen LogP contribution in [0.3, 0.4) is 0 Å². The van der Waals surface area contributed by atoms with Crippen LogP contribution in [0.25, 0.3) is 0 Å². The molecular weight excluding hydrogens is 388 g/mol. The van der Waals surface area contributed by atoms with Crippen LogP contribution < -0.4 is 16.0 Å². The Morgan fingerprint density at radius 3 is 2.93 bits per heavy atom. The summed E-state index contributed by atoms with van der Waals surface area (Å²) in [5, 5.41) is 10.8. The molecule has 1 aliphatic heterocycles. The van der Waals surface area contributed by atoms with Gasteiger partial charge in [-0.1, -0.05) is 17.7 Å².